The van der Waals surface area contributed by atoms with E-state index in [4.69, 9.17) is 20.7 Å². The Balaban J connectivity index is 2.45. The SMILES string of the molecule is CC1(C)CC(C(N)CCOC(=O)CN(CC(=O)O)CC(=O)O)CC(C)(C)N1. The van der Waals surface area contributed by atoms with Crippen LogP contribution >= 0.6 is 0 Å². The summed E-state index contributed by atoms with van der Waals surface area (Å²) in [5.41, 5.74) is 6.29. The molecule has 0 spiro atoms. The van der Waals surface area contributed by atoms with Gasteiger partial charge >= 0.3 is 17.9 Å². The van der Waals surface area contributed by atoms with Crippen molar-refractivity contribution in [3.8, 4) is 0 Å². The Bertz CT molecular complexity index is 517. The van der Waals surface area contributed by atoms with E-state index in [1.54, 1.807) is 0 Å². The number of aliphatic carboxylic acids is 2. The van der Waals surface area contributed by atoms with Gasteiger partial charge in [0.15, 0.2) is 0 Å². The van der Waals surface area contributed by atoms with Crippen molar-refractivity contribution in [2.45, 2.75) is 64.1 Å². The summed E-state index contributed by atoms with van der Waals surface area (Å²) in [5.74, 6) is -2.77. The molecule has 5 N–H and O–H groups in total. The highest BCUT2D eigenvalue weighted by Gasteiger charge is 2.39. The first kappa shape index (κ1) is 23.3. The van der Waals surface area contributed by atoms with Gasteiger partial charge in [0, 0.05) is 17.1 Å². The van der Waals surface area contributed by atoms with Gasteiger partial charge in [-0.2, -0.15) is 0 Å². The number of nitrogens with one attached hydrogen (secondary N) is 1. The van der Waals surface area contributed by atoms with Crippen LogP contribution in [0.1, 0.15) is 47.0 Å². The van der Waals surface area contributed by atoms with E-state index in [1.165, 1.54) is 0 Å². The second kappa shape index (κ2) is 9.48. The van der Waals surface area contributed by atoms with E-state index < -0.39 is 31.0 Å². The number of piperidine rings is 1. The number of hydrogen-bond acceptors (Lipinski definition) is 7. The minimum absolute atomic E-state index is 0.0190. The Morgan fingerprint density at radius 1 is 1.07 bits per heavy atom. The van der Waals surface area contributed by atoms with Gasteiger partial charge in [-0.3, -0.25) is 19.3 Å². The summed E-state index contributed by atoms with van der Waals surface area (Å²) in [6.45, 7) is 7.24. The molecule has 0 bridgehead atoms. The minimum atomic E-state index is -1.21. The maximum atomic E-state index is 11.9. The molecule has 1 saturated heterocycles. The quantitative estimate of drug-likeness (QED) is 0.389. The fourth-order valence-corrected chi connectivity index (χ4v) is 4.03. The number of carboxylic acids is 2. The number of ether oxygens (including phenoxy) is 1. The van der Waals surface area contributed by atoms with Crippen molar-refractivity contribution in [1.29, 1.82) is 0 Å². The summed E-state index contributed by atoms with van der Waals surface area (Å²) >= 11 is 0. The Morgan fingerprint density at radius 2 is 1.56 bits per heavy atom. The van der Waals surface area contributed by atoms with Crippen LogP contribution in [0.5, 0.6) is 0 Å². The highest BCUT2D eigenvalue weighted by atomic mass is 16.5. The summed E-state index contributed by atoms with van der Waals surface area (Å²) in [4.78, 5) is 34.4. The predicted molar refractivity (Wildman–Crippen MR) is 99.3 cm³/mol. The van der Waals surface area contributed by atoms with Gasteiger partial charge in [0.05, 0.1) is 26.2 Å². The lowest BCUT2D eigenvalue weighted by Crippen LogP contribution is -2.60. The van der Waals surface area contributed by atoms with Gasteiger partial charge in [-0.1, -0.05) is 0 Å². The Kier molecular flexibility index (Phi) is 8.19. The number of carbonyl (C=O) groups is 3. The van der Waals surface area contributed by atoms with Gasteiger partial charge < -0.3 is 26.0 Å². The molecular formula is C18H33N3O6. The van der Waals surface area contributed by atoms with Crippen LogP contribution in [0.3, 0.4) is 0 Å². The summed E-state index contributed by atoms with van der Waals surface area (Å²) in [6.07, 6.45) is 2.35. The van der Waals surface area contributed by atoms with Gasteiger partial charge in [-0.15, -0.1) is 0 Å². The molecule has 1 heterocycles. The maximum absolute atomic E-state index is 11.9. The van der Waals surface area contributed by atoms with Gasteiger partial charge in [-0.05, 0) is 52.9 Å². The van der Waals surface area contributed by atoms with Gasteiger partial charge in [0.1, 0.15) is 0 Å². The summed E-state index contributed by atoms with van der Waals surface area (Å²) in [5, 5.41) is 21.2. The zero-order valence-corrected chi connectivity index (χ0v) is 16.7. The largest absolute Gasteiger partial charge is 0.480 e. The Labute approximate surface area is 160 Å². The summed E-state index contributed by atoms with van der Waals surface area (Å²) < 4.78 is 5.14. The molecular weight excluding hydrogens is 354 g/mol. The first-order valence-corrected chi connectivity index (χ1v) is 9.16. The molecule has 9 heteroatoms. The Hall–Kier alpha value is -1.71. The number of hydrogen-bond donors (Lipinski definition) is 4. The zero-order valence-electron chi connectivity index (χ0n) is 16.7. The third-order valence-corrected chi connectivity index (χ3v) is 4.61. The third-order valence-electron chi connectivity index (χ3n) is 4.61. The number of nitrogens with two attached hydrogens (primary N) is 1. The molecule has 0 aromatic carbocycles. The van der Waals surface area contributed by atoms with Crippen molar-refractivity contribution in [2.24, 2.45) is 11.7 Å². The van der Waals surface area contributed by atoms with E-state index in [2.05, 4.69) is 33.0 Å². The van der Waals surface area contributed by atoms with Crippen LogP contribution in [0.25, 0.3) is 0 Å². The third kappa shape index (κ3) is 9.16. The van der Waals surface area contributed by atoms with Crippen molar-refractivity contribution < 1.29 is 29.3 Å². The fraction of sp³-hybridized carbons (Fsp3) is 0.833. The normalized spacial score (nSPS) is 20.2. The lowest BCUT2D eigenvalue weighted by atomic mass is 9.72. The van der Waals surface area contributed by atoms with Crippen molar-refractivity contribution in [3.05, 3.63) is 0 Å². The minimum Gasteiger partial charge on any atom is -0.480 e. The fourth-order valence-electron chi connectivity index (χ4n) is 4.03. The average molecular weight is 387 g/mol. The lowest BCUT2D eigenvalue weighted by molar-refractivity contribution is -0.148. The molecule has 0 radical (unpaired) electrons. The highest BCUT2D eigenvalue weighted by Crippen LogP contribution is 2.34. The number of carbonyl (C=O) groups excluding carboxylic acids is 1. The van der Waals surface area contributed by atoms with Crippen LogP contribution in [-0.4, -0.2) is 76.4 Å². The zero-order chi connectivity index (χ0) is 20.8. The summed E-state index contributed by atoms with van der Waals surface area (Å²) in [6, 6.07) is -0.118. The van der Waals surface area contributed by atoms with Crippen molar-refractivity contribution in [1.82, 2.24) is 10.2 Å². The molecule has 0 aromatic rings. The molecule has 0 aromatic heterocycles. The van der Waals surface area contributed by atoms with E-state index in [0.29, 0.717) is 12.3 Å². The lowest BCUT2D eigenvalue weighted by Gasteiger charge is -2.48. The van der Waals surface area contributed by atoms with Crippen LogP contribution in [0.15, 0.2) is 0 Å². The summed E-state index contributed by atoms with van der Waals surface area (Å²) in [7, 11) is 0. The number of rotatable bonds is 10. The number of carboxylic acid groups (broad SMARTS) is 2. The number of nitrogens with zero attached hydrogens (tertiary/aromatic N) is 1. The van der Waals surface area contributed by atoms with E-state index in [-0.39, 0.29) is 30.3 Å². The first-order valence-electron chi connectivity index (χ1n) is 9.16. The van der Waals surface area contributed by atoms with E-state index >= 15 is 0 Å². The highest BCUT2D eigenvalue weighted by molar-refractivity contribution is 5.76. The van der Waals surface area contributed by atoms with Gasteiger partial charge in [-0.25, -0.2) is 0 Å². The van der Waals surface area contributed by atoms with Crippen molar-refractivity contribution in [3.63, 3.8) is 0 Å². The molecule has 9 nitrogen and oxygen atoms in total. The van der Waals surface area contributed by atoms with Crippen LogP contribution in [0.4, 0.5) is 0 Å². The second-order valence-electron chi connectivity index (χ2n) is 8.67. The van der Waals surface area contributed by atoms with Gasteiger partial charge in [0.25, 0.3) is 0 Å². The predicted octanol–water partition coefficient (Wildman–Crippen LogP) is 0.275. The number of esters is 1. The van der Waals surface area contributed by atoms with E-state index in [0.717, 1.165) is 17.7 Å². The van der Waals surface area contributed by atoms with E-state index in [1.807, 2.05) is 0 Å². The monoisotopic (exact) mass is 387 g/mol. The van der Waals surface area contributed by atoms with Crippen LogP contribution < -0.4 is 11.1 Å². The molecule has 1 unspecified atom stereocenters. The molecule has 1 fully saturated rings. The maximum Gasteiger partial charge on any atom is 0.320 e. The molecule has 156 valence electrons. The molecule has 0 saturated carbocycles. The van der Waals surface area contributed by atoms with Crippen LogP contribution in [-0.2, 0) is 19.1 Å². The Morgan fingerprint density at radius 3 is 2.00 bits per heavy atom. The smallest absolute Gasteiger partial charge is 0.320 e. The van der Waals surface area contributed by atoms with Crippen LogP contribution in [0, 0.1) is 5.92 Å². The molecule has 27 heavy (non-hydrogen) atoms. The molecule has 1 aliphatic heterocycles. The molecule has 1 atom stereocenters. The standard InChI is InChI=1S/C18H33N3O6/c1-17(2)7-12(8-18(3,4)20-17)13(19)5-6-27-16(26)11-21(9-14(22)23)10-15(24)25/h12-13,20H,5-11,19H2,1-4H3,(H,22,23)(H,24,25). The molecule has 0 amide bonds. The topological polar surface area (TPSA) is 142 Å². The van der Waals surface area contributed by atoms with Crippen LogP contribution in [0.2, 0.25) is 0 Å². The van der Waals surface area contributed by atoms with E-state index in [9.17, 15) is 14.4 Å². The van der Waals surface area contributed by atoms with Crippen molar-refractivity contribution >= 4 is 17.9 Å². The molecule has 1 rings (SSSR count). The van der Waals surface area contributed by atoms with Gasteiger partial charge in [0.2, 0.25) is 0 Å². The van der Waals surface area contributed by atoms with Crippen molar-refractivity contribution in [2.75, 3.05) is 26.2 Å². The molecule has 0 aliphatic carbocycles. The molecule has 1 aliphatic rings. The first-order chi connectivity index (χ1) is 12.3. The average Bonchev–Trinajstić information content (AvgIpc) is 2.41. The second-order valence-corrected chi connectivity index (χ2v) is 8.67.